The Bertz CT molecular complexity index is 1050. The summed E-state index contributed by atoms with van der Waals surface area (Å²) < 4.78 is 6.30. The first kappa shape index (κ1) is 16.5. The highest BCUT2D eigenvalue weighted by Crippen LogP contribution is 2.18. The lowest BCUT2D eigenvalue weighted by Gasteiger charge is -2.06. The van der Waals surface area contributed by atoms with Gasteiger partial charge in [0.2, 0.25) is 5.91 Å². The highest BCUT2D eigenvalue weighted by atomic mass is 16.5. The lowest BCUT2D eigenvalue weighted by atomic mass is 10.3. The maximum atomic E-state index is 12.0. The molecular weight excluding hydrogens is 326 g/mol. The Morgan fingerprint density at radius 3 is 2.88 bits per heavy atom. The highest BCUT2D eigenvalue weighted by molar-refractivity contribution is 5.77. The maximum absolute atomic E-state index is 12.0. The van der Waals surface area contributed by atoms with Crippen LogP contribution in [0, 0.1) is 6.92 Å². The predicted octanol–water partition coefficient (Wildman–Crippen LogP) is 0.0463. The molecule has 2 aromatic heterocycles. The third-order valence-corrected chi connectivity index (χ3v) is 3.69. The topological polar surface area (TPSA) is 122 Å². The van der Waals surface area contributed by atoms with Crippen molar-refractivity contribution in [3.05, 3.63) is 56.6 Å². The molecular formula is C16H17N5O4. The minimum absolute atomic E-state index is 0.187. The molecule has 9 nitrogen and oxygen atoms in total. The molecule has 0 aliphatic heterocycles. The molecule has 1 aromatic carbocycles. The van der Waals surface area contributed by atoms with Crippen LogP contribution in [0.5, 0.6) is 5.75 Å². The summed E-state index contributed by atoms with van der Waals surface area (Å²) >= 11 is 0. The van der Waals surface area contributed by atoms with Crippen LogP contribution < -0.4 is 21.3 Å². The number of carbonyl (C=O) groups excluding carboxylic acids is 1. The van der Waals surface area contributed by atoms with Crippen molar-refractivity contribution < 1.29 is 9.53 Å². The van der Waals surface area contributed by atoms with Crippen molar-refractivity contribution >= 4 is 16.9 Å². The number of imidazole rings is 1. The molecule has 2 heterocycles. The summed E-state index contributed by atoms with van der Waals surface area (Å²) in [6.45, 7) is 1.56. The predicted molar refractivity (Wildman–Crippen MR) is 90.6 cm³/mol. The van der Waals surface area contributed by atoms with Crippen molar-refractivity contribution in [2.24, 2.45) is 0 Å². The monoisotopic (exact) mass is 343 g/mol. The number of amides is 1. The molecule has 0 unspecified atom stereocenters. The molecule has 3 aromatic rings. The van der Waals surface area contributed by atoms with Gasteiger partial charge in [0.1, 0.15) is 18.1 Å². The fraction of sp³-hybridized carbons (Fsp3) is 0.250. The van der Waals surface area contributed by atoms with E-state index in [1.54, 1.807) is 20.1 Å². The Morgan fingerprint density at radius 1 is 1.32 bits per heavy atom. The summed E-state index contributed by atoms with van der Waals surface area (Å²) in [6.07, 6.45) is 1.36. The van der Waals surface area contributed by atoms with Crippen molar-refractivity contribution in [1.82, 2.24) is 24.8 Å². The van der Waals surface area contributed by atoms with Gasteiger partial charge in [-0.3, -0.25) is 19.1 Å². The van der Waals surface area contributed by atoms with E-state index in [2.05, 4.69) is 20.3 Å². The van der Waals surface area contributed by atoms with Gasteiger partial charge in [0.15, 0.2) is 0 Å². The average Bonchev–Trinajstić information content (AvgIpc) is 2.99. The van der Waals surface area contributed by atoms with Crippen LogP contribution in [0.15, 0.2) is 34.0 Å². The van der Waals surface area contributed by atoms with Crippen molar-refractivity contribution in [3.63, 3.8) is 0 Å². The first-order valence-electron chi connectivity index (χ1n) is 7.56. The maximum Gasteiger partial charge on any atom is 0.328 e. The molecule has 0 aliphatic carbocycles. The summed E-state index contributed by atoms with van der Waals surface area (Å²) in [5.41, 5.74) is 0.841. The van der Waals surface area contributed by atoms with Gasteiger partial charge in [-0.2, -0.15) is 0 Å². The number of nitrogens with zero attached hydrogens (tertiary/aromatic N) is 2. The number of H-pyrrole nitrogens is 2. The van der Waals surface area contributed by atoms with Crippen molar-refractivity contribution in [2.75, 3.05) is 7.11 Å². The number of methoxy groups -OCH3 is 1. The number of hydrogen-bond donors (Lipinski definition) is 3. The van der Waals surface area contributed by atoms with E-state index in [1.165, 1.54) is 6.20 Å². The SMILES string of the molecule is COc1ccc2nc(CNC(=O)Cn3cc(C)c(=O)[nH]c3=O)[nH]c2c1. The smallest absolute Gasteiger partial charge is 0.328 e. The van der Waals surface area contributed by atoms with E-state index in [4.69, 9.17) is 4.74 Å². The molecule has 3 rings (SSSR count). The van der Waals surface area contributed by atoms with Crippen LogP contribution in [0.3, 0.4) is 0 Å². The summed E-state index contributed by atoms with van der Waals surface area (Å²) in [5.74, 6) is 0.924. The molecule has 9 heteroatoms. The Morgan fingerprint density at radius 2 is 2.12 bits per heavy atom. The lowest BCUT2D eigenvalue weighted by Crippen LogP contribution is -2.36. The number of ether oxygens (including phenoxy) is 1. The minimum atomic E-state index is -0.624. The van der Waals surface area contributed by atoms with E-state index in [0.29, 0.717) is 17.1 Å². The fourth-order valence-electron chi connectivity index (χ4n) is 2.38. The van der Waals surface area contributed by atoms with Gasteiger partial charge in [-0.15, -0.1) is 0 Å². The van der Waals surface area contributed by atoms with E-state index < -0.39 is 11.2 Å². The summed E-state index contributed by atoms with van der Waals surface area (Å²) in [6, 6.07) is 5.44. The Hall–Kier alpha value is -3.36. The second-order valence-corrected chi connectivity index (χ2v) is 5.54. The van der Waals surface area contributed by atoms with Crippen molar-refractivity contribution in [2.45, 2.75) is 20.0 Å². The first-order chi connectivity index (χ1) is 12.0. The Kier molecular flexibility index (Phi) is 4.38. The largest absolute Gasteiger partial charge is 0.497 e. The number of aromatic nitrogens is 4. The quantitative estimate of drug-likeness (QED) is 0.604. The summed E-state index contributed by atoms with van der Waals surface area (Å²) in [7, 11) is 1.58. The normalized spacial score (nSPS) is 10.8. The molecule has 25 heavy (non-hydrogen) atoms. The lowest BCUT2D eigenvalue weighted by molar-refractivity contribution is -0.121. The van der Waals surface area contributed by atoms with Gasteiger partial charge in [0.25, 0.3) is 5.56 Å². The van der Waals surface area contributed by atoms with Crippen LogP contribution in [0.2, 0.25) is 0 Å². The Balaban J connectivity index is 1.67. The summed E-state index contributed by atoms with van der Waals surface area (Å²) in [4.78, 5) is 44.7. The van der Waals surface area contributed by atoms with E-state index in [9.17, 15) is 14.4 Å². The van der Waals surface area contributed by atoms with Gasteiger partial charge >= 0.3 is 5.69 Å². The first-order valence-corrected chi connectivity index (χ1v) is 7.56. The number of benzene rings is 1. The Labute approximate surface area is 141 Å². The molecule has 0 spiro atoms. The molecule has 130 valence electrons. The zero-order chi connectivity index (χ0) is 18.0. The standard InChI is InChI=1S/C16H17N5O4/c1-9-7-21(16(24)20-15(9)23)8-14(22)17-6-13-18-11-4-3-10(25-2)5-12(11)19-13/h3-5,7H,6,8H2,1-2H3,(H,17,22)(H,18,19)(H,20,23,24). The third-order valence-electron chi connectivity index (χ3n) is 3.69. The number of nitrogens with one attached hydrogen (secondary N) is 3. The van der Waals surface area contributed by atoms with Gasteiger partial charge in [-0.05, 0) is 19.1 Å². The van der Waals surface area contributed by atoms with Crippen LogP contribution >= 0.6 is 0 Å². The number of rotatable bonds is 5. The highest BCUT2D eigenvalue weighted by Gasteiger charge is 2.09. The van der Waals surface area contributed by atoms with Crippen LogP contribution in [-0.4, -0.2) is 32.5 Å². The van der Waals surface area contributed by atoms with Crippen molar-refractivity contribution in [3.8, 4) is 5.75 Å². The number of hydrogen-bond acceptors (Lipinski definition) is 5. The van der Waals surface area contributed by atoms with Gasteiger partial charge < -0.3 is 15.0 Å². The number of aromatic amines is 2. The molecule has 0 saturated carbocycles. The van der Waals surface area contributed by atoms with Crippen LogP contribution in [0.4, 0.5) is 0 Å². The van der Waals surface area contributed by atoms with Gasteiger partial charge in [0.05, 0.1) is 24.7 Å². The van der Waals surface area contributed by atoms with Crippen LogP contribution in [0.1, 0.15) is 11.4 Å². The van der Waals surface area contributed by atoms with Gasteiger partial charge in [-0.1, -0.05) is 0 Å². The molecule has 0 atom stereocenters. The van der Waals surface area contributed by atoms with E-state index in [1.807, 2.05) is 12.1 Å². The number of carbonyl (C=O) groups is 1. The van der Waals surface area contributed by atoms with E-state index in [0.717, 1.165) is 15.6 Å². The average molecular weight is 343 g/mol. The van der Waals surface area contributed by atoms with Crippen LogP contribution in [0.25, 0.3) is 11.0 Å². The zero-order valence-electron chi connectivity index (χ0n) is 13.8. The zero-order valence-corrected chi connectivity index (χ0v) is 13.8. The van der Waals surface area contributed by atoms with Crippen molar-refractivity contribution in [1.29, 1.82) is 0 Å². The number of fused-ring (bicyclic) bond motifs is 1. The molecule has 0 aliphatic rings. The molecule has 0 saturated heterocycles. The molecule has 1 amide bonds. The molecule has 0 bridgehead atoms. The fourth-order valence-corrected chi connectivity index (χ4v) is 2.38. The minimum Gasteiger partial charge on any atom is -0.497 e. The third kappa shape index (κ3) is 3.60. The molecule has 0 radical (unpaired) electrons. The van der Waals surface area contributed by atoms with Gasteiger partial charge in [-0.25, -0.2) is 9.78 Å². The molecule has 3 N–H and O–H groups in total. The van der Waals surface area contributed by atoms with E-state index in [-0.39, 0.29) is 19.0 Å². The number of aryl methyl sites for hydroxylation is 1. The molecule has 0 fully saturated rings. The van der Waals surface area contributed by atoms with E-state index >= 15 is 0 Å². The summed E-state index contributed by atoms with van der Waals surface area (Å²) in [5, 5.41) is 2.68. The van der Waals surface area contributed by atoms with Crippen LogP contribution in [-0.2, 0) is 17.9 Å². The second kappa shape index (κ2) is 6.63. The van der Waals surface area contributed by atoms with Gasteiger partial charge in [0, 0.05) is 17.8 Å². The second-order valence-electron chi connectivity index (χ2n) is 5.54.